The zero-order valence-electron chi connectivity index (χ0n) is 33.3. The molecule has 0 radical (unpaired) electrons. The van der Waals surface area contributed by atoms with E-state index in [0.717, 1.165) is 18.2 Å². The van der Waals surface area contributed by atoms with Gasteiger partial charge in [0.25, 0.3) is 0 Å². The Balaban J connectivity index is 1.21. The van der Waals surface area contributed by atoms with Gasteiger partial charge in [-0.1, -0.05) is 12.1 Å². The van der Waals surface area contributed by atoms with Crippen LogP contribution in [0.4, 0.5) is 0 Å². The van der Waals surface area contributed by atoms with Crippen molar-refractivity contribution >= 4 is 23.0 Å². The summed E-state index contributed by atoms with van der Waals surface area (Å²) >= 11 is 0. The van der Waals surface area contributed by atoms with Crippen LogP contribution in [0.15, 0.2) is 76.0 Å². The number of esters is 1. The molecule has 11 N–H and O–H groups in total. The molecular formula is C42H46O21. The number of hydrogen-bond donors (Lipinski definition) is 11. The SMILES string of the molecule is CC1OC(OCC2OC(Oc3c(-c4ccc(O)cc4)oc4cc(OC5OC(C)C(O)C(O)C5O)cc(O)c4c3=O)C(O)C(O)C2OC(=O)C=Cc2ccc(O)cc2)C(O)C(O)C1O. The second-order valence-corrected chi connectivity index (χ2v) is 15.2. The number of fused-ring (bicyclic) bond motifs is 1. The van der Waals surface area contributed by atoms with Gasteiger partial charge >= 0.3 is 5.97 Å². The number of phenols is 3. The van der Waals surface area contributed by atoms with E-state index in [1.54, 1.807) is 0 Å². The molecule has 0 spiro atoms. The van der Waals surface area contributed by atoms with Crippen molar-refractivity contribution in [3.8, 4) is 40.1 Å². The smallest absolute Gasteiger partial charge is 0.331 e. The van der Waals surface area contributed by atoms with Gasteiger partial charge in [0.1, 0.15) is 88.9 Å². The first-order valence-electron chi connectivity index (χ1n) is 19.6. The lowest BCUT2D eigenvalue weighted by molar-refractivity contribution is -0.319. The molecule has 0 aliphatic carbocycles. The van der Waals surface area contributed by atoms with Crippen molar-refractivity contribution in [1.82, 2.24) is 0 Å². The molecule has 3 aromatic carbocycles. The largest absolute Gasteiger partial charge is 0.508 e. The molecule has 4 heterocycles. The second-order valence-electron chi connectivity index (χ2n) is 15.2. The van der Waals surface area contributed by atoms with E-state index in [-0.39, 0.29) is 34.2 Å². The van der Waals surface area contributed by atoms with Crippen molar-refractivity contribution < 1.29 is 98.5 Å². The quantitative estimate of drug-likeness (QED) is 0.0641. The molecular weight excluding hydrogens is 840 g/mol. The van der Waals surface area contributed by atoms with Gasteiger partial charge in [-0.15, -0.1) is 0 Å². The minimum atomic E-state index is -2.10. The molecule has 15 atom stereocenters. The summed E-state index contributed by atoms with van der Waals surface area (Å²) in [6.45, 7) is 2.13. The van der Waals surface area contributed by atoms with Crippen LogP contribution >= 0.6 is 0 Å². The molecule has 1 aromatic heterocycles. The van der Waals surface area contributed by atoms with E-state index >= 15 is 0 Å². The van der Waals surface area contributed by atoms with Crippen LogP contribution in [0.5, 0.6) is 28.7 Å². The number of aliphatic hydroxyl groups excluding tert-OH is 8. The minimum Gasteiger partial charge on any atom is -0.508 e. The standard InChI is InChI=1S/C42H46O21/c1-16-28(47)31(50)34(53)40(57-16)56-15-25-38(62-26(46)12-5-18-3-8-20(43)9-4-18)33(52)36(55)42(61-25)63-39-30(49)27-23(45)13-22(59-41-35(54)32(51)29(48)17(2)58-41)14-24(27)60-37(39)19-6-10-21(44)11-7-19/h3-14,16-17,25,28-29,31-36,38,40-45,47-48,50-55H,15H2,1-2H3. The highest BCUT2D eigenvalue weighted by atomic mass is 16.7. The normalized spacial score (nSPS) is 33.6. The lowest BCUT2D eigenvalue weighted by Gasteiger charge is -2.43. The number of rotatable bonds is 11. The van der Waals surface area contributed by atoms with Crippen LogP contribution in [0.25, 0.3) is 28.4 Å². The number of ether oxygens (including phenoxy) is 7. The molecule has 0 saturated carbocycles. The first-order chi connectivity index (χ1) is 29.9. The fourth-order valence-electron chi connectivity index (χ4n) is 7.14. The Morgan fingerprint density at radius 1 is 0.667 bits per heavy atom. The van der Waals surface area contributed by atoms with Crippen molar-refractivity contribution in [1.29, 1.82) is 0 Å². The van der Waals surface area contributed by atoms with Crippen molar-refractivity contribution in [2.45, 2.75) is 106 Å². The van der Waals surface area contributed by atoms with Gasteiger partial charge in [-0.3, -0.25) is 4.79 Å². The van der Waals surface area contributed by atoms with Crippen molar-refractivity contribution in [3.63, 3.8) is 0 Å². The van der Waals surface area contributed by atoms with Crippen LogP contribution in [0.2, 0.25) is 0 Å². The summed E-state index contributed by atoms with van der Waals surface area (Å²) in [6, 6.07) is 13.0. The van der Waals surface area contributed by atoms with Gasteiger partial charge in [-0.05, 0) is 61.9 Å². The summed E-state index contributed by atoms with van der Waals surface area (Å²) < 4.78 is 45.9. The highest BCUT2D eigenvalue weighted by Gasteiger charge is 2.50. The zero-order chi connectivity index (χ0) is 45.4. The summed E-state index contributed by atoms with van der Waals surface area (Å²) in [7, 11) is 0. The lowest BCUT2D eigenvalue weighted by Crippen LogP contribution is -2.62. The molecule has 3 saturated heterocycles. The predicted octanol–water partition coefficient (Wildman–Crippen LogP) is -0.922. The third kappa shape index (κ3) is 9.60. The van der Waals surface area contributed by atoms with Gasteiger partial charge in [0.05, 0.1) is 18.8 Å². The van der Waals surface area contributed by atoms with Gasteiger partial charge in [-0.2, -0.15) is 0 Å². The number of phenolic OH excluding ortho intramolecular Hbond substituents is 3. The number of benzene rings is 3. The Hall–Kier alpha value is -5.40. The number of carbonyl (C=O) groups excluding carboxylic acids is 1. The maximum Gasteiger partial charge on any atom is 0.331 e. The third-order valence-corrected chi connectivity index (χ3v) is 10.8. The summed E-state index contributed by atoms with van der Waals surface area (Å²) in [5.74, 6) is -3.26. The van der Waals surface area contributed by atoms with Crippen LogP contribution < -0.4 is 14.9 Å². The van der Waals surface area contributed by atoms with Gasteiger partial charge in [0.15, 0.2) is 18.2 Å². The van der Waals surface area contributed by atoms with Gasteiger partial charge in [-0.25, -0.2) is 4.79 Å². The van der Waals surface area contributed by atoms with E-state index in [4.69, 9.17) is 37.6 Å². The average Bonchev–Trinajstić information content (AvgIpc) is 3.25. The summed E-state index contributed by atoms with van der Waals surface area (Å²) in [4.78, 5) is 27.4. The highest BCUT2D eigenvalue weighted by Crippen LogP contribution is 2.39. The van der Waals surface area contributed by atoms with Gasteiger partial charge in [0, 0.05) is 23.8 Å². The zero-order valence-corrected chi connectivity index (χ0v) is 33.3. The first kappa shape index (κ1) is 45.6. The predicted molar refractivity (Wildman–Crippen MR) is 211 cm³/mol. The van der Waals surface area contributed by atoms with E-state index < -0.39 is 127 Å². The highest BCUT2D eigenvalue weighted by molar-refractivity contribution is 5.88. The van der Waals surface area contributed by atoms with Crippen molar-refractivity contribution in [2.24, 2.45) is 0 Å². The maximum absolute atomic E-state index is 14.3. The third-order valence-electron chi connectivity index (χ3n) is 10.8. The Morgan fingerprint density at radius 2 is 1.22 bits per heavy atom. The average molecular weight is 887 g/mol. The Morgan fingerprint density at radius 3 is 1.86 bits per heavy atom. The lowest BCUT2D eigenvalue weighted by atomic mass is 9.98. The van der Waals surface area contributed by atoms with E-state index in [2.05, 4.69) is 0 Å². The molecule has 4 aromatic rings. The minimum absolute atomic E-state index is 0.0202. The molecule has 21 heteroatoms. The molecule has 0 bridgehead atoms. The molecule has 3 fully saturated rings. The number of carbonyl (C=O) groups is 1. The van der Waals surface area contributed by atoms with Crippen LogP contribution in [-0.2, 0) is 28.5 Å². The van der Waals surface area contributed by atoms with Gasteiger partial charge in [0.2, 0.25) is 23.8 Å². The Labute approximate surface area is 356 Å². The Bertz CT molecular complexity index is 2320. The molecule has 63 heavy (non-hydrogen) atoms. The molecule has 21 nitrogen and oxygen atoms in total. The number of aromatic hydroxyl groups is 3. The maximum atomic E-state index is 14.3. The molecule has 0 amide bonds. The molecule has 7 rings (SSSR count). The molecule has 340 valence electrons. The van der Waals surface area contributed by atoms with Crippen molar-refractivity contribution in [3.05, 3.63) is 82.5 Å². The second kappa shape index (κ2) is 18.8. The van der Waals surface area contributed by atoms with Crippen LogP contribution in [-0.4, -0.2) is 161 Å². The van der Waals surface area contributed by atoms with Crippen LogP contribution in [0.1, 0.15) is 19.4 Å². The molecule has 15 unspecified atom stereocenters. The fraction of sp³-hybridized carbons (Fsp3) is 0.429. The fourth-order valence-corrected chi connectivity index (χ4v) is 7.14. The summed E-state index contributed by atoms with van der Waals surface area (Å²) in [5.41, 5.74) is -0.796. The topological polar surface area (TPSA) is 334 Å². The van der Waals surface area contributed by atoms with E-state index in [9.17, 15) is 65.8 Å². The monoisotopic (exact) mass is 886 g/mol. The number of aliphatic hydroxyl groups is 8. The van der Waals surface area contributed by atoms with Crippen molar-refractivity contribution in [2.75, 3.05) is 6.61 Å². The molecule has 3 aliphatic rings. The van der Waals surface area contributed by atoms with Gasteiger partial charge < -0.3 is 93.7 Å². The molecule has 3 aliphatic heterocycles. The number of hydrogen-bond acceptors (Lipinski definition) is 21. The van der Waals surface area contributed by atoms with Crippen LogP contribution in [0, 0.1) is 0 Å². The van der Waals surface area contributed by atoms with Crippen LogP contribution in [0.3, 0.4) is 0 Å². The van der Waals surface area contributed by atoms with E-state index in [1.165, 1.54) is 68.5 Å². The Kier molecular flexibility index (Phi) is 13.6. The first-order valence-corrected chi connectivity index (χ1v) is 19.6. The van der Waals surface area contributed by atoms with E-state index in [0.29, 0.717) is 5.56 Å². The van der Waals surface area contributed by atoms with E-state index in [1.807, 2.05) is 0 Å². The summed E-state index contributed by atoms with van der Waals surface area (Å²) in [6.07, 6.45) is -22.0. The summed E-state index contributed by atoms with van der Waals surface area (Å²) in [5, 5.41) is 115.